The minimum absolute atomic E-state index is 0.0181. The molecule has 17 nitrogen and oxygen atoms in total. The molecule has 8 rings (SSSR count). The number of aliphatic hydroxyl groups excluding tert-OH is 1. The van der Waals surface area contributed by atoms with Crippen LogP contribution in [0.15, 0.2) is 83.6 Å². The number of anilines is 2. The molecule has 21 heteroatoms. The van der Waals surface area contributed by atoms with E-state index in [2.05, 4.69) is 36.5 Å². The Morgan fingerprint density at radius 3 is 2.47 bits per heavy atom. The average Bonchev–Trinajstić information content (AvgIpc) is 4.10. The number of benzene rings is 3. The summed E-state index contributed by atoms with van der Waals surface area (Å²) in [5.41, 5.74) is 4.27. The second kappa shape index (κ2) is 21.4. The zero-order chi connectivity index (χ0) is 51.5. The smallest absolute Gasteiger partial charge is 0.406 e. The van der Waals surface area contributed by atoms with Gasteiger partial charge < -0.3 is 45.1 Å². The van der Waals surface area contributed by atoms with Crippen molar-refractivity contribution in [2.45, 2.75) is 110 Å². The number of piperidine rings is 1. The van der Waals surface area contributed by atoms with Crippen molar-refractivity contribution in [3.63, 3.8) is 0 Å². The first-order chi connectivity index (χ1) is 34.2. The number of halogens is 4. The lowest BCUT2D eigenvalue weighted by Crippen LogP contribution is -2.54. The van der Waals surface area contributed by atoms with Gasteiger partial charge in [-0.15, -0.1) is 0 Å². The zero-order valence-electron chi connectivity index (χ0n) is 41.1. The van der Waals surface area contributed by atoms with Crippen molar-refractivity contribution in [3.05, 3.63) is 107 Å². The molecule has 384 valence electrons. The number of fused-ring (bicyclic) bond motifs is 2. The van der Waals surface area contributed by atoms with Gasteiger partial charge in [0.15, 0.2) is 0 Å². The number of carbonyl (C=O) groups is 3. The van der Waals surface area contributed by atoms with Gasteiger partial charge in [-0.25, -0.2) is 4.39 Å². The lowest BCUT2D eigenvalue weighted by atomic mass is 9.95. The van der Waals surface area contributed by atoms with Crippen molar-refractivity contribution in [1.82, 2.24) is 45.3 Å². The van der Waals surface area contributed by atoms with Crippen LogP contribution in [0.2, 0.25) is 0 Å². The molecule has 2 aliphatic heterocycles. The minimum atomic E-state index is -4.61. The summed E-state index contributed by atoms with van der Waals surface area (Å²) in [5, 5.41) is 30.2. The second-order valence-corrected chi connectivity index (χ2v) is 19.9. The van der Waals surface area contributed by atoms with Crippen molar-refractivity contribution >= 4 is 40.0 Å². The Labute approximate surface area is 414 Å². The van der Waals surface area contributed by atoms with Crippen molar-refractivity contribution < 1.29 is 46.3 Å². The summed E-state index contributed by atoms with van der Waals surface area (Å²) in [4.78, 5) is 46.9. The van der Waals surface area contributed by atoms with Gasteiger partial charge in [0.25, 0.3) is 5.91 Å². The number of aromatic nitrogens is 5. The third kappa shape index (κ3) is 12.2. The molecule has 1 fully saturated rings. The SMILES string of the molecule is CC(C)[C@H]1C(=O)N[C@H](CO)Cc2ccc(OCc3ccc(CNC(=O)CN4CC[C@@H](Nc5cccc6c5cc(-c5noc(CNC(=O)c7cnn(C(C)(C)C)c7)n5)n6CC(F)(F)F)[C@@H](F)C4)cc3)cc2N1C. The van der Waals surface area contributed by atoms with Gasteiger partial charge in [-0.1, -0.05) is 55.4 Å². The van der Waals surface area contributed by atoms with E-state index in [1.54, 1.807) is 27.9 Å². The number of nitrogens with zero attached hydrogens (tertiary/aromatic N) is 7. The van der Waals surface area contributed by atoms with Crippen LogP contribution in [0.1, 0.15) is 74.0 Å². The molecular formula is C51H61F4N11O6. The number of likely N-dealkylation sites (N-methyl/N-ethyl adjacent to an activating group) is 1. The molecule has 72 heavy (non-hydrogen) atoms. The third-order valence-corrected chi connectivity index (χ3v) is 13.0. The van der Waals surface area contributed by atoms with Gasteiger partial charge >= 0.3 is 6.18 Å². The number of alkyl halides is 4. The Balaban J connectivity index is 0.833. The molecule has 1 saturated heterocycles. The summed E-state index contributed by atoms with van der Waals surface area (Å²) in [6, 6.07) is 18.2. The van der Waals surface area contributed by atoms with E-state index in [9.17, 15) is 32.7 Å². The highest BCUT2D eigenvalue weighted by molar-refractivity contribution is 5.96. The van der Waals surface area contributed by atoms with E-state index in [1.807, 2.05) is 89.0 Å². The van der Waals surface area contributed by atoms with Gasteiger partial charge in [0.1, 0.15) is 31.1 Å². The molecule has 0 radical (unpaired) electrons. The summed E-state index contributed by atoms with van der Waals surface area (Å²) < 4.78 is 72.1. The molecule has 3 aromatic heterocycles. The molecule has 3 amide bonds. The van der Waals surface area contributed by atoms with Crippen LogP contribution in [0.3, 0.4) is 0 Å². The zero-order valence-corrected chi connectivity index (χ0v) is 41.1. The van der Waals surface area contributed by atoms with E-state index in [0.717, 1.165) is 26.9 Å². The fraction of sp³-hybridized carbons (Fsp3) is 0.451. The van der Waals surface area contributed by atoms with Crippen molar-refractivity contribution in [2.24, 2.45) is 5.92 Å². The number of hydrogen-bond donors (Lipinski definition) is 5. The molecule has 0 unspecified atom stereocenters. The standard InChI is InChI=1S/C51H61F4N11O6/c1-30(2)46-49(70)59-35(27-67)18-33-14-15-36(19-42(33)63(46)6)71-28-32-12-10-31(11-13-32)21-56-44(68)26-64-17-16-40(38(52)25-64)60-39-8-7-9-41-37(39)20-43(65(41)29-51(53,54)55)47-61-45(72-62-47)23-57-48(69)34-22-58-66(24-34)50(3,4)5/h7-15,19-20,22,24,30,35,38,40,46,60,67H,16-18,21,23,25-29H2,1-6H3,(H,56,68)(H,57,69)(H,59,70)/t35-,38-,40+,46-/m0/s1. The Kier molecular flexibility index (Phi) is 15.3. The monoisotopic (exact) mass is 999 g/mol. The maximum absolute atomic E-state index is 15.9. The molecule has 0 aliphatic carbocycles. The summed E-state index contributed by atoms with van der Waals surface area (Å²) in [7, 11) is 1.89. The number of ether oxygens (including phenoxy) is 1. The third-order valence-electron chi connectivity index (χ3n) is 13.0. The Bertz CT molecular complexity index is 2870. The van der Waals surface area contributed by atoms with Gasteiger partial charge in [0.05, 0.1) is 60.3 Å². The molecule has 3 aromatic carbocycles. The highest BCUT2D eigenvalue weighted by atomic mass is 19.4. The van der Waals surface area contributed by atoms with Gasteiger partial charge in [-0.3, -0.25) is 24.0 Å². The number of hydrogen-bond acceptors (Lipinski definition) is 12. The van der Waals surface area contributed by atoms with Crippen LogP contribution >= 0.6 is 0 Å². The van der Waals surface area contributed by atoms with E-state index >= 15 is 4.39 Å². The number of nitrogens with one attached hydrogen (secondary N) is 4. The van der Waals surface area contributed by atoms with E-state index in [4.69, 9.17) is 9.26 Å². The van der Waals surface area contributed by atoms with E-state index in [-0.39, 0.29) is 91.6 Å². The van der Waals surface area contributed by atoms with Gasteiger partial charge in [-0.2, -0.15) is 23.3 Å². The summed E-state index contributed by atoms with van der Waals surface area (Å²) in [5.74, 6) is -0.323. The second-order valence-electron chi connectivity index (χ2n) is 19.9. The summed E-state index contributed by atoms with van der Waals surface area (Å²) >= 11 is 0. The number of carbonyl (C=O) groups excluding carboxylic acids is 3. The summed E-state index contributed by atoms with van der Waals surface area (Å²) in [6.07, 6.45) is -2.17. The predicted octanol–water partition coefficient (Wildman–Crippen LogP) is 6.35. The Morgan fingerprint density at radius 2 is 1.78 bits per heavy atom. The Hall–Kier alpha value is -7.00. The molecule has 4 atom stereocenters. The highest BCUT2D eigenvalue weighted by Crippen LogP contribution is 2.36. The molecule has 0 spiro atoms. The topological polar surface area (TPSA) is 197 Å². The maximum Gasteiger partial charge on any atom is 0.406 e. The molecule has 5 N–H and O–H groups in total. The van der Waals surface area contributed by atoms with E-state index < -0.39 is 36.9 Å². The van der Waals surface area contributed by atoms with Crippen LogP contribution in [0.5, 0.6) is 5.75 Å². The molecule has 0 saturated carbocycles. The normalized spacial score (nSPS) is 18.9. The van der Waals surface area contributed by atoms with Crippen LogP contribution in [-0.4, -0.2) is 116 Å². The summed E-state index contributed by atoms with van der Waals surface area (Å²) in [6.45, 7) is 8.99. The lowest BCUT2D eigenvalue weighted by molar-refractivity contribution is -0.139. The minimum Gasteiger partial charge on any atom is -0.489 e. The number of likely N-dealkylation sites (tertiary alicyclic amines) is 1. The molecular weight excluding hydrogens is 939 g/mol. The van der Waals surface area contributed by atoms with E-state index in [1.165, 1.54) is 18.3 Å². The van der Waals surface area contributed by atoms with Crippen molar-refractivity contribution in [3.8, 4) is 17.3 Å². The number of rotatable bonds is 16. The predicted molar refractivity (Wildman–Crippen MR) is 262 cm³/mol. The number of aliphatic hydroxyl groups is 1. The van der Waals surface area contributed by atoms with Crippen molar-refractivity contribution in [2.75, 3.05) is 43.5 Å². The first-order valence-corrected chi connectivity index (χ1v) is 24.0. The van der Waals surface area contributed by atoms with Gasteiger partial charge in [0.2, 0.25) is 23.5 Å². The highest BCUT2D eigenvalue weighted by Gasteiger charge is 2.35. The lowest BCUT2D eigenvalue weighted by Gasteiger charge is -2.37. The van der Waals surface area contributed by atoms with Crippen LogP contribution in [0, 0.1) is 5.92 Å². The fourth-order valence-electron chi connectivity index (χ4n) is 9.22. The average molecular weight is 1000 g/mol. The van der Waals surface area contributed by atoms with Gasteiger partial charge in [-0.05, 0) is 80.5 Å². The van der Waals surface area contributed by atoms with Crippen LogP contribution in [0.25, 0.3) is 22.4 Å². The number of amides is 3. The molecule has 5 heterocycles. The van der Waals surface area contributed by atoms with Crippen LogP contribution < -0.4 is 30.9 Å². The molecule has 0 bridgehead atoms. The largest absolute Gasteiger partial charge is 0.489 e. The van der Waals surface area contributed by atoms with Crippen LogP contribution in [0.4, 0.5) is 28.9 Å². The first kappa shape index (κ1) is 51.4. The maximum atomic E-state index is 15.9. The molecule has 2 aliphatic rings. The van der Waals surface area contributed by atoms with Crippen LogP contribution in [-0.2, 0) is 47.8 Å². The van der Waals surface area contributed by atoms with E-state index in [0.29, 0.717) is 41.8 Å². The first-order valence-electron chi connectivity index (χ1n) is 24.0. The van der Waals surface area contributed by atoms with Gasteiger partial charge in [0, 0.05) is 55.7 Å². The van der Waals surface area contributed by atoms with Crippen molar-refractivity contribution in [1.29, 1.82) is 0 Å². The quantitative estimate of drug-likeness (QED) is 0.0676. The molecule has 6 aromatic rings. The Morgan fingerprint density at radius 1 is 1.01 bits per heavy atom. The fourth-order valence-corrected chi connectivity index (χ4v) is 9.22.